The molecule has 0 saturated carbocycles. The molecule has 6 heteroatoms. The zero-order valence-electron chi connectivity index (χ0n) is 12.3. The van der Waals surface area contributed by atoms with E-state index in [2.05, 4.69) is 4.90 Å². The van der Waals surface area contributed by atoms with Crippen LogP contribution < -0.4 is 0 Å². The van der Waals surface area contributed by atoms with Gasteiger partial charge in [0.05, 0.1) is 11.5 Å². The molecule has 0 aromatic heterocycles. The first kappa shape index (κ1) is 15.0. The fraction of sp³-hybridized carbons (Fsp3) is 0.600. The van der Waals surface area contributed by atoms with Crippen molar-refractivity contribution in [2.75, 3.05) is 26.2 Å². The van der Waals surface area contributed by atoms with Crippen LogP contribution in [0, 0.1) is 6.92 Å². The van der Waals surface area contributed by atoms with Gasteiger partial charge in [0.2, 0.25) is 10.0 Å². The number of aryl methyl sites for hydroxylation is 1. The third-order valence-electron chi connectivity index (χ3n) is 4.68. The largest absolute Gasteiger partial charge is 0.392 e. The van der Waals surface area contributed by atoms with Crippen LogP contribution in [0.15, 0.2) is 23.1 Å². The molecule has 0 spiro atoms. The van der Waals surface area contributed by atoms with Crippen molar-refractivity contribution in [2.24, 2.45) is 0 Å². The van der Waals surface area contributed by atoms with Crippen LogP contribution in [-0.4, -0.2) is 55.0 Å². The van der Waals surface area contributed by atoms with E-state index in [9.17, 15) is 13.5 Å². The number of rotatable bonds is 3. The van der Waals surface area contributed by atoms with Crippen LogP contribution in [0.25, 0.3) is 0 Å². The molecule has 1 N–H and O–H groups in total. The summed E-state index contributed by atoms with van der Waals surface area (Å²) in [4.78, 5) is 2.68. The van der Waals surface area contributed by atoms with Crippen LogP contribution in [0.4, 0.5) is 0 Å². The highest BCUT2D eigenvalue weighted by molar-refractivity contribution is 7.89. The molecule has 116 valence electrons. The van der Waals surface area contributed by atoms with E-state index >= 15 is 0 Å². The number of hydrogen-bond acceptors (Lipinski definition) is 4. The Kier molecular flexibility index (Phi) is 4.05. The fourth-order valence-electron chi connectivity index (χ4n) is 3.31. The molecule has 5 nitrogen and oxygen atoms in total. The number of sulfonamides is 1. The van der Waals surface area contributed by atoms with Gasteiger partial charge in [0, 0.05) is 25.7 Å². The monoisotopic (exact) mass is 310 g/mol. The second-order valence-electron chi connectivity index (χ2n) is 5.94. The summed E-state index contributed by atoms with van der Waals surface area (Å²) in [6.45, 7) is 4.80. The highest BCUT2D eigenvalue weighted by Gasteiger charge is 2.36. The van der Waals surface area contributed by atoms with Gasteiger partial charge in [-0.05, 0) is 49.6 Å². The van der Waals surface area contributed by atoms with Gasteiger partial charge in [0.15, 0.2) is 0 Å². The Morgan fingerprint density at radius 1 is 1.29 bits per heavy atom. The minimum atomic E-state index is -3.45. The van der Waals surface area contributed by atoms with Gasteiger partial charge < -0.3 is 5.11 Å². The van der Waals surface area contributed by atoms with Crippen molar-refractivity contribution >= 4 is 10.0 Å². The quantitative estimate of drug-likeness (QED) is 0.903. The predicted octanol–water partition coefficient (Wildman–Crippen LogP) is 0.956. The van der Waals surface area contributed by atoms with Gasteiger partial charge in [-0.1, -0.05) is 6.07 Å². The Morgan fingerprint density at radius 3 is 2.86 bits per heavy atom. The summed E-state index contributed by atoms with van der Waals surface area (Å²) in [6.07, 6.45) is 2.25. The third-order valence-corrected chi connectivity index (χ3v) is 6.54. The number of benzene rings is 1. The van der Waals surface area contributed by atoms with E-state index in [4.69, 9.17) is 0 Å². The highest BCUT2D eigenvalue weighted by atomic mass is 32.2. The van der Waals surface area contributed by atoms with Gasteiger partial charge >= 0.3 is 0 Å². The Morgan fingerprint density at radius 2 is 2.10 bits per heavy atom. The first-order chi connectivity index (χ1) is 10.0. The first-order valence-electron chi connectivity index (χ1n) is 7.47. The summed E-state index contributed by atoms with van der Waals surface area (Å²) in [5.41, 5.74) is 1.59. The molecule has 2 heterocycles. The molecule has 2 aliphatic rings. The molecule has 0 amide bonds. The zero-order valence-corrected chi connectivity index (χ0v) is 13.1. The lowest BCUT2D eigenvalue weighted by Gasteiger charge is -2.36. The summed E-state index contributed by atoms with van der Waals surface area (Å²) in [5, 5.41) is 9.33. The number of hydrogen-bond donors (Lipinski definition) is 1. The maximum absolute atomic E-state index is 12.8. The Bertz CT molecular complexity index is 630. The molecule has 3 rings (SSSR count). The van der Waals surface area contributed by atoms with Crippen molar-refractivity contribution in [1.29, 1.82) is 0 Å². The molecule has 21 heavy (non-hydrogen) atoms. The van der Waals surface area contributed by atoms with E-state index in [1.54, 1.807) is 22.5 Å². The second-order valence-corrected chi connectivity index (χ2v) is 7.88. The molecule has 2 saturated heterocycles. The van der Waals surface area contributed by atoms with Gasteiger partial charge in [-0.25, -0.2) is 8.42 Å². The summed E-state index contributed by atoms with van der Waals surface area (Å²) in [5.74, 6) is 0. The van der Waals surface area contributed by atoms with Crippen LogP contribution >= 0.6 is 0 Å². The van der Waals surface area contributed by atoms with E-state index in [0.29, 0.717) is 29.6 Å². The van der Waals surface area contributed by atoms with Crippen molar-refractivity contribution in [3.8, 4) is 0 Å². The summed E-state index contributed by atoms with van der Waals surface area (Å²) >= 11 is 0. The van der Waals surface area contributed by atoms with E-state index < -0.39 is 10.0 Å². The molecule has 2 fully saturated rings. The lowest BCUT2D eigenvalue weighted by molar-refractivity contribution is 0.158. The van der Waals surface area contributed by atoms with E-state index in [0.717, 1.165) is 31.5 Å². The van der Waals surface area contributed by atoms with Gasteiger partial charge in [-0.15, -0.1) is 0 Å². The lowest BCUT2D eigenvalue weighted by Crippen LogP contribution is -2.51. The van der Waals surface area contributed by atoms with Crippen LogP contribution in [0.1, 0.15) is 24.0 Å². The smallest absolute Gasteiger partial charge is 0.243 e. The normalized spacial score (nSPS) is 24.2. The highest BCUT2D eigenvalue weighted by Crippen LogP contribution is 2.26. The van der Waals surface area contributed by atoms with Crippen molar-refractivity contribution in [3.05, 3.63) is 29.3 Å². The van der Waals surface area contributed by atoms with Gasteiger partial charge in [-0.2, -0.15) is 4.31 Å². The van der Waals surface area contributed by atoms with Crippen molar-refractivity contribution in [2.45, 2.75) is 37.3 Å². The van der Waals surface area contributed by atoms with E-state index in [1.165, 1.54) is 0 Å². The van der Waals surface area contributed by atoms with Crippen LogP contribution in [-0.2, 0) is 16.6 Å². The SMILES string of the molecule is Cc1ccc(S(=O)(=O)N2CCN3CCCC3C2)cc1CO. The molecule has 1 unspecified atom stereocenters. The van der Waals surface area contributed by atoms with E-state index in [1.807, 2.05) is 6.92 Å². The fourth-order valence-corrected chi connectivity index (χ4v) is 4.83. The zero-order chi connectivity index (χ0) is 15.0. The number of fused-ring (bicyclic) bond motifs is 1. The van der Waals surface area contributed by atoms with Crippen LogP contribution in [0.3, 0.4) is 0 Å². The standard InChI is InChI=1S/C15H22N2O3S/c1-12-4-5-15(9-13(12)11-18)21(19,20)17-8-7-16-6-2-3-14(16)10-17/h4-5,9,14,18H,2-3,6-8,10-11H2,1H3. The average Bonchev–Trinajstić information content (AvgIpc) is 2.94. The van der Waals surface area contributed by atoms with Crippen LogP contribution in [0.2, 0.25) is 0 Å². The van der Waals surface area contributed by atoms with Gasteiger partial charge in [0.25, 0.3) is 0 Å². The van der Waals surface area contributed by atoms with E-state index in [-0.39, 0.29) is 6.61 Å². The first-order valence-corrected chi connectivity index (χ1v) is 8.91. The van der Waals surface area contributed by atoms with Gasteiger partial charge in [-0.3, -0.25) is 4.90 Å². The average molecular weight is 310 g/mol. The number of aliphatic hydroxyl groups is 1. The van der Waals surface area contributed by atoms with Crippen molar-refractivity contribution in [1.82, 2.24) is 9.21 Å². The van der Waals surface area contributed by atoms with Crippen molar-refractivity contribution < 1.29 is 13.5 Å². The molecular formula is C15H22N2O3S. The number of nitrogens with zero attached hydrogens (tertiary/aromatic N) is 2. The molecule has 0 bridgehead atoms. The predicted molar refractivity (Wildman–Crippen MR) is 80.5 cm³/mol. The number of aliphatic hydroxyl groups excluding tert-OH is 1. The maximum Gasteiger partial charge on any atom is 0.243 e. The summed E-state index contributed by atoms with van der Waals surface area (Å²) in [7, 11) is -3.45. The minimum Gasteiger partial charge on any atom is -0.392 e. The Labute approximate surface area is 126 Å². The molecule has 0 aliphatic carbocycles. The summed E-state index contributed by atoms with van der Waals surface area (Å²) in [6, 6.07) is 5.39. The van der Waals surface area contributed by atoms with Gasteiger partial charge in [0.1, 0.15) is 0 Å². The molecule has 1 atom stereocenters. The molecule has 0 radical (unpaired) electrons. The van der Waals surface area contributed by atoms with Crippen LogP contribution in [0.5, 0.6) is 0 Å². The molecule has 1 aromatic rings. The third kappa shape index (κ3) is 2.73. The molecular weight excluding hydrogens is 288 g/mol. The minimum absolute atomic E-state index is 0.133. The lowest BCUT2D eigenvalue weighted by atomic mass is 10.1. The maximum atomic E-state index is 12.8. The number of piperazine rings is 1. The van der Waals surface area contributed by atoms with Crippen molar-refractivity contribution in [3.63, 3.8) is 0 Å². The summed E-state index contributed by atoms with van der Waals surface area (Å²) < 4.78 is 27.2. The second kappa shape index (κ2) is 5.68. The Balaban J connectivity index is 1.86. The molecule has 2 aliphatic heterocycles. The Hall–Kier alpha value is -0.950. The molecule has 1 aromatic carbocycles. The topological polar surface area (TPSA) is 60.9 Å².